The zero-order valence-electron chi connectivity index (χ0n) is 10.0. The first-order chi connectivity index (χ1) is 8.97. The molecule has 1 aromatic carbocycles. The quantitative estimate of drug-likeness (QED) is 0.472. The minimum atomic E-state index is -0.323. The van der Waals surface area contributed by atoms with Gasteiger partial charge in [0.2, 0.25) is 5.91 Å². The highest BCUT2D eigenvalue weighted by Gasteiger charge is 2.04. The van der Waals surface area contributed by atoms with Gasteiger partial charge in [-0.15, -0.1) is 0 Å². The molecule has 0 aliphatic rings. The van der Waals surface area contributed by atoms with Crippen LogP contribution in [0.1, 0.15) is 5.56 Å². The van der Waals surface area contributed by atoms with Crippen molar-refractivity contribution >= 4 is 28.8 Å². The molecule has 0 radical (unpaired) electrons. The lowest BCUT2D eigenvalue weighted by Gasteiger charge is -2.04. The second-order valence-electron chi connectivity index (χ2n) is 3.53. The Hall–Kier alpha value is -2.09. The van der Waals surface area contributed by atoms with Crippen LogP contribution in [0.2, 0.25) is 0 Å². The summed E-state index contributed by atoms with van der Waals surface area (Å²) in [5.74, 6) is -0.762. The van der Waals surface area contributed by atoms with Gasteiger partial charge in [0.15, 0.2) is 11.1 Å². The summed E-state index contributed by atoms with van der Waals surface area (Å²) in [5.41, 5.74) is 11.0. The maximum absolute atomic E-state index is 12.7. The number of benzene rings is 1. The Morgan fingerprint density at radius 1 is 1.37 bits per heavy atom. The monoisotopic (exact) mass is 283 g/mol. The van der Waals surface area contributed by atoms with Crippen LogP contribution in [0.5, 0.6) is 0 Å². The molecule has 0 saturated carbocycles. The second kappa shape index (κ2) is 7.37. The third-order valence-electron chi connectivity index (χ3n) is 1.97. The number of nitrogens with zero attached hydrogens (tertiary/aromatic N) is 1. The van der Waals surface area contributed by atoms with Gasteiger partial charge in [-0.1, -0.05) is 23.9 Å². The van der Waals surface area contributed by atoms with Crippen LogP contribution >= 0.6 is 11.8 Å². The third kappa shape index (κ3) is 6.41. The summed E-state index contributed by atoms with van der Waals surface area (Å²) in [4.78, 5) is 14.9. The van der Waals surface area contributed by atoms with E-state index in [1.807, 2.05) is 0 Å². The van der Waals surface area contributed by atoms with E-state index >= 15 is 0 Å². The van der Waals surface area contributed by atoms with Gasteiger partial charge in [0.1, 0.15) is 5.82 Å². The van der Waals surface area contributed by atoms with Crippen molar-refractivity contribution < 1.29 is 9.18 Å². The number of hydrogen-bond donors (Lipinski definition) is 4. The Kier molecular flexibility index (Phi) is 5.80. The van der Waals surface area contributed by atoms with E-state index in [1.54, 1.807) is 12.1 Å². The van der Waals surface area contributed by atoms with Crippen molar-refractivity contribution in [2.24, 2.45) is 16.5 Å². The first-order valence-electron chi connectivity index (χ1n) is 5.29. The normalized spacial score (nSPS) is 9.74. The van der Waals surface area contributed by atoms with Crippen LogP contribution in [-0.2, 0) is 11.3 Å². The van der Waals surface area contributed by atoms with E-state index in [2.05, 4.69) is 10.3 Å². The van der Waals surface area contributed by atoms with Crippen molar-refractivity contribution in [1.29, 1.82) is 5.41 Å². The van der Waals surface area contributed by atoms with Crippen LogP contribution in [0, 0.1) is 11.2 Å². The summed E-state index contributed by atoms with van der Waals surface area (Å²) in [7, 11) is 0. The van der Waals surface area contributed by atoms with Gasteiger partial charge in [0, 0.05) is 6.54 Å². The van der Waals surface area contributed by atoms with Crippen molar-refractivity contribution in [3.63, 3.8) is 0 Å². The summed E-state index contributed by atoms with van der Waals surface area (Å²) in [6, 6.07) is 5.82. The number of guanidine groups is 1. The van der Waals surface area contributed by atoms with Gasteiger partial charge in [-0.05, 0) is 17.7 Å². The smallest absolute Gasteiger partial charge is 0.230 e. The summed E-state index contributed by atoms with van der Waals surface area (Å²) in [5, 5.41) is 9.84. The predicted molar refractivity (Wildman–Crippen MR) is 74.2 cm³/mol. The van der Waals surface area contributed by atoms with Gasteiger partial charge >= 0.3 is 0 Å². The molecule has 0 atom stereocenters. The molecule has 1 amide bonds. The average molecular weight is 283 g/mol. The summed E-state index contributed by atoms with van der Waals surface area (Å²) < 4.78 is 12.7. The fraction of sp³-hybridized carbons (Fsp3) is 0.182. The molecule has 6 N–H and O–H groups in total. The number of aliphatic imine (C=N–C) groups is 1. The molecule has 0 aromatic heterocycles. The molecule has 8 heteroatoms. The maximum Gasteiger partial charge on any atom is 0.230 e. The van der Waals surface area contributed by atoms with Gasteiger partial charge in [0.05, 0.1) is 5.75 Å². The molecule has 102 valence electrons. The minimum absolute atomic E-state index is 0.0385. The maximum atomic E-state index is 12.7. The number of carbonyl (C=O) groups excluding carboxylic acids is 1. The average Bonchev–Trinajstić information content (AvgIpc) is 2.35. The van der Waals surface area contributed by atoms with E-state index < -0.39 is 0 Å². The van der Waals surface area contributed by atoms with Crippen LogP contribution in [0.25, 0.3) is 0 Å². The zero-order chi connectivity index (χ0) is 14.3. The highest BCUT2D eigenvalue weighted by Crippen LogP contribution is 2.04. The van der Waals surface area contributed by atoms with E-state index in [9.17, 15) is 9.18 Å². The van der Waals surface area contributed by atoms with E-state index in [0.717, 1.165) is 17.3 Å². The highest BCUT2D eigenvalue weighted by molar-refractivity contribution is 8.14. The number of carbonyl (C=O) groups is 1. The zero-order valence-corrected chi connectivity index (χ0v) is 10.8. The lowest BCUT2D eigenvalue weighted by molar-refractivity contribution is -0.118. The largest absolute Gasteiger partial charge is 0.370 e. The number of halogens is 1. The van der Waals surface area contributed by atoms with Gasteiger partial charge in [-0.2, -0.15) is 4.99 Å². The summed E-state index contributed by atoms with van der Waals surface area (Å²) >= 11 is 0.914. The second-order valence-corrected chi connectivity index (χ2v) is 4.50. The molecule has 0 bridgehead atoms. The fourth-order valence-electron chi connectivity index (χ4n) is 1.14. The molecule has 19 heavy (non-hydrogen) atoms. The van der Waals surface area contributed by atoms with Crippen molar-refractivity contribution in [2.45, 2.75) is 6.54 Å². The highest BCUT2D eigenvalue weighted by atomic mass is 32.2. The van der Waals surface area contributed by atoms with Gasteiger partial charge in [0.25, 0.3) is 0 Å². The lowest BCUT2D eigenvalue weighted by Crippen LogP contribution is -2.26. The molecule has 0 aliphatic carbocycles. The van der Waals surface area contributed by atoms with Gasteiger partial charge < -0.3 is 16.8 Å². The third-order valence-corrected chi connectivity index (χ3v) is 2.74. The Morgan fingerprint density at radius 2 is 2.00 bits per heavy atom. The number of thioether (sulfide) groups is 1. The first-order valence-corrected chi connectivity index (χ1v) is 6.28. The lowest BCUT2D eigenvalue weighted by atomic mass is 10.2. The molecule has 0 heterocycles. The van der Waals surface area contributed by atoms with Crippen LogP contribution in [0.15, 0.2) is 29.3 Å². The van der Waals surface area contributed by atoms with Crippen LogP contribution < -0.4 is 16.8 Å². The van der Waals surface area contributed by atoms with Gasteiger partial charge in [-0.3, -0.25) is 10.2 Å². The van der Waals surface area contributed by atoms with Crippen LogP contribution in [0.4, 0.5) is 4.39 Å². The molecule has 1 aromatic rings. The molecular weight excluding hydrogens is 269 g/mol. The first kappa shape index (κ1) is 15.0. The number of nitrogens with one attached hydrogen (secondary N) is 2. The number of hydrogen-bond acceptors (Lipinski definition) is 3. The number of nitrogens with two attached hydrogens (primary N) is 2. The molecule has 1 rings (SSSR count). The topological polar surface area (TPSA) is 117 Å². The summed E-state index contributed by atoms with van der Waals surface area (Å²) in [6.45, 7) is 0.301. The van der Waals surface area contributed by atoms with Crippen molar-refractivity contribution in [3.05, 3.63) is 35.6 Å². The SMILES string of the molecule is N=C(N=C(N)N)SCC(=O)NCc1ccc(F)cc1. The Labute approximate surface area is 114 Å². The van der Waals surface area contributed by atoms with E-state index in [4.69, 9.17) is 16.9 Å². The van der Waals surface area contributed by atoms with Gasteiger partial charge in [-0.25, -0.2) is 4.39 Å². The fourth-order valence-corrected chi connectivity index (χ4v) is 1.68. The number of amidine groups is 1. The Balaban J connectivity index is 2.30. The van der Waals surface area contributed by atoms with Crippen LogP contribution in [0.3, 0.4) is 0 Å². The predicted octanol–water partition coefficient (Wildman–Crippen LogP) is 0.383. The van der Waals surface area contributed by atoms with Crippen molar-refractivity contribution in [3.8, 4) is 0 Å². The standard InChI is InChI=1S/C11H14FN5OS/c12-8-3-1-7(2-4-8)5-16-9(18)6-19-11(15)17-10(13)14/h1-4H,5-6H2,(H,16,18)(H5,13,14,15,17). The van der Waals surface area contributed by atoms with E-state index in [0.29, 0.717) is 6.54 Å². The van der Waals surface area contributed by atoms with Crippen molar-refractivity contribution in [2.75, 3.05) is 5.75 Å². The Morgan fingerprint density at radius 3 is 2.58 bits per heavy atom. The molecule has 0 spiro atoms. The molecule has 6 nitrogen and oxygen atoms in total. The summed E-state index contributed by atoms with van der Waals surface area (Å²) in [6.07, 6.45) is 0. The molecule has 0 saturated heterocycles. The van der Waals surface area contributed by atoms with E-state index in [1.165, 1.54) is 12.1 Å². The number of rotatable bonds is 4. The Bertz CT molecular complexity index is 484. The molecule has 0 fully saturated rings. The molecular formula is C11H14FN5OS. The number of amides is 1. The minimum Gasteiger partial charge on any atom is -0.370 e. The van der Waals surface area contributed by atoms with Crippen molar-refractivity contribution in [1.82, 2.24) is 5.32 Å². The van der Waals surface area contributed by atoms with Crippen LogP contribution in [-0.4, -0.2) is 22.8 Å². The molecule has 0 aliphatic heterocycles. The molecule has 0 unspecified atom stereocenters. The van der Waals surface area contributed by atoms with E-state index in [-0.39, 0.29) is 28.6 Å².